The Morgan fingerprint density at radius 3 is 2.33 bits per heavy atom. The highest BCUT2D eigenvalue weighted by Gasteiger charge is 2.41. The smallest absolute Gasteiger partial charge is 0.345 e. The van der Waals surface area contributed by atoms with Crippen molar-refractivity contribution in [1.29, 1.82) is 0 Å². The SMILES string of the molecule is B[C@H]1CN(C)C[C@@H](COP(=O)(N(C)C)N2C[C@@H](/C=C/P(=S)(OC)OC)O[C@@H](B)C2)O1. The van der Waals surface area contributed by atoms with Gasteiger partial charge in [0.15, 0.2) is 0 Å². The van der Waals surface area contributed by atoms with Crippen LogP contribution in [0.25, 0.3) is 0 Å². The summed E-state index contributed by atoms with van der Waals surface area (Å²) in [7, 11) is 9.41. The van der Waals surface area contributed by atoms with Crippen LogP contribution in [0.5, 0.6) is 0 Å². The van der Waals surface area contributed by atoms with E-state index in [1.807, 2.05) is 26.4 Å². The lowest BCUT2D eigenvalue weighted by molar-refractivity contribution is -0.0635. The molecule has 2 rings (SSSR count). The lowest BCUT2D eigenvalue weighted by atomic mass is 9.98. The Balaban J connectivity index is 2.10. The second kappa shape index (κ2) is 11.5. The van der Waals surface area contributed by atoms with Gasteiger partial charge in [-0.3, -0.25) is 4.57 Å². The highest BCUT2D eigenvalue weighted by molar-refractivity contribution is 8.11. The Labute approximate surface area is 187 Å². The fraction of sp³-hybridized carbons (Fsp3) is 0.875. The van der Waals surface area contributed by atoms with Crippen molar-refractivity contribution in [3.8, 4) is 0 Å². The highest BCUT2D eigenvalue weighted by atomic mass is 32.5. The fourth-order valence-electron chi connectivity index (χ4n) is 3.67. The molecule has 0 N–H and O–H groups in total. The number of nitrogens with zero attached hydrogens (tertiary/aromatic N) is 3. The summed E-state index contributed by atoms with van der Waals surface area (Å²) < 4.78 is 46.1. The second-order valence-electron chi connectivity index (χ2n) is 8.03. The van der Waals surface area contributed by atoms with E-state index < -0.39 is 14.2 Å². The predicted octanol–water partition coefficient (Wildman–Crippen LogP) is -0.261. The third-order valence-electron chi connectivity index (χ3n) is 5.06. The van der Waals surface area contributed by atoms with Crippen molar-refractivity contribution in [1.82, 2.24) is 14.2 Å². The van der Waals surface area contributed by atoms with Crippen molar-refractivity contribution in [3.05, 3.63) is 11.9 Å². The standard InChI is InChI=1S/C16H35B2N3O6P2S/c1-19(2)29(22,25-12-14-8-20(3)10-15(17)27-14)21-9-13(26-16(18)11-21)6-7-28(30,23-4)24-5/h6-7,13-16H,8-12,17-18H2,1-5H3/b7-6+/t13-,14+,15-,16-,29?/m1/s1. The largest absolute Gasteiger partial charge is 0.379 e. The first-order valence-electron chi connectivity index (χ1n) is 10.1. The van der Waals surface area contributed by atoms with E-state index in [0.717, 1.165) is 13.1 Å². The molecule has 9 nitrogen and oxygen atoms in total. The van der Waals surface area contributed by atoms with Gasteiger partial charge in [-0.1, -0.05) is 0 Å². The molecule has 0 aromatic rings. The van der Waals surface area contributed by atoms with Gasteiger partial charge in [0.2, 0.25) is 6.49 Å². The van der Waals surface area contributed by atoms with Crippen LogP contribution in [0.3, 0.4) is 0 Å². The summed E-state index contributed by atoms with van der Waals surface area (Å²) in [5.74, 6) is 1.75. The molecule has 14 heteroatoms. The molecule has 30 heavy (non-hydrogen) atoms. The van der Waals surface area contributed by atoms with Crippen molar-refractivity contribution in [3.63, 3.8) is 0 Å². The Morgan fingerprint density at radius 1 is 1.13 bits per heavy atom. The molecule has 5 atom stereocenters. The van der Waals surface area contributed by atoms with Gasteiger partial charge >= 0.3 is 7.67 Å². The van der Waals surface area contributed by atoms with E-state index in [1.54, 1.807) is 24.6 Å². The molecular formula is C16H35B2N3O6P2S. The third kappa shape index (κ3) is 7.22. The van der Waals surface area contributed by atoms with Crippen LogP contribution in [0.4, 0.5) is 0 Å². The summed E-state index contributed by atoms with van der Waals surface area (Å²) in [5.41, 5.74) is 0. The maximum absolute atomic E-state index is 13.9. The normalized spacial score (nSPS) is 31.9. The third-order valence-corrected chi connectivity index (χ3v) is 10.4. The van der Waals surface area contributed by atoms with Crippen LogP contribution in [-0.2, 0) is 39.4 Å². The second-order valence-corrected chi connectivity index (χ2v) is 14.3. The Kier molecular flexibility index (Phi) is 10.3. The number of hydrogen-bond acceptors (Lipinski definition) is 8. The van der Waals surface area contributed by atoms with Gasteiger partial charge < -0.3 is 27.9 Å². The molecule has 0 saturated carbocycles. The molecule has 0 amide bonds. The summed E-state index contributed by atoms with van der Waals surface area (Å²) in [5, 5.41) is 0. The van der Waals surface area contributed by atoms with E-state index in [4.69, 9.17) is 34.9 Å². The van der Waals surface area contributed by atoms with Crippen LogP contribution in [0.15, 0.2) is 11.9 Å². The van der Waals surface area contributed by atoms with Crippen LogP contribution >= 0.6 is 14.2 Å². The Hall–Kier alpha value is 0.430. The monoisotopic (exact) mass is 481 g/mol. The van der Waals surface area contributed by atoms with Crippen LogP contribution in [0.1, 0.15) is 0 Å². The Morgan fingerprint density at radius 2 is 1.77 bits per heavy atom. The van der Waals surface area contributed by atoms with Gasteiger partial charge in [0.1, 0.15) is 15.7 Å². The molecule has 1 unspecified atom stereocenters. The maximum atomic E-state index is 13.9. The average Bonchev–Trinajstić information content (AvgIpc) is 2.69. The average molecular weight is 481 g/mol. The summed E-state index contributed by atoms with van der Waals surface area (Å²) in [4.78, 5) is 2.20. The van der Waals surface area contributed by atoms with Crippen molar-refractivity contribution >= 4 is 41.7 Å². The lowest BCUT2D eigenvalue weighted by Gasteiger charge is -2.42. The van der Waals surface area contributed by atoms with E-state index in [2.05, 4.69) is 11.9 Å². The van der Waals surface area contributed by atoms with Gasteiger partial charge in [-0.15, -0.1) is 0 Å². The Bertz CT molecular complexity index is 673. The van der Waals surface area contributed by atoms with E-state index in [1.165, 1.54) is 14.2 Å². The number of likely N-dealkylation sites (N-methyl/N-ethyl adjacent to an activating group) is 1. The molecule has 2 heterocycles. The van der Waals surface area contributed by atoms with Crippen molar-refractivity contribution < 1.29 is 27.6 Å². The number of hydrogen-bond donors (Lipinski definition) is 0. The molecule has 0 bridgehead atoms. The van der Waals surface area contributed by atoms with Crippen LogP contribution < -0.4 is 0 Å². The number of morpholine rings is 2. The number of rotatable bonds is 9. The molecule has 2 aliphatic heterocycles. The zero-order valence-electron chi connectivity index (χ0n) is 19.1. The summed E-state index contributed by atoms with van der Waals surface area (Å²) >= 11 is 5.38. The van der Waals surface area contributed by atoms with Crippen LogP contribution in [-0.4, -0.2) is 122 Å². The summed E-state index contributed by atoms with van der Waals surface area (Å²) in [6.45, 7) is 0.356. The summed E-state index contributed by atoms with van der Waals surface area (Å²) in [6.07, 6.45) is 1.43. The van der Waals surface area contributed by atoms with E-state index in [0.29, 0.717) is 13.1 Å². The van der Waals surface area contributed by atoms with Crippen molar-refractivity contribution in [2.45, 2.75) is 24.2 Å². The molecule has 2 fully saturated rings. The van der Waals surface area contributed by atoms with Crippen molar-refractivity contribution in [2.24, 2.45) is 0 Å². The zero-order valence-corrected chi connectivity index (χ0v) is 21.7. The minimum absolute atomic E-state index is 0.116. The van der Waals surface area contributed by atoms with Crippen LogP contribution in [0, 0.1) is 0 Å². The summed E-state index contributed by atoms with van der Waals surface area (Å²) in [6, 6.07) is 0.00267. The molecule has 0 aromatic carbocycles. The topological polar surface area (TPSA) is 72.9 Å². The predicted molar refractivity (Wildman–Crippen MR) is 128 cm³/mol. The van der Waals surface area contributed by atoms with E-state index in [-0.39, 0.29) is 30.8 Å². The van der Waals surface area contributed by atoms with Crippen molar-refractivity contribution in [2.75, 3.05) is 68.1 Å². The lowest BCUT2D eigenvalue weighted by Crippen LogP contribution is -2.49. The van der Waals surface area contributed by atoms with Gasteiger partial charge in [0.25, 0.3) is 0 Å². The quantitative estimate of drug-likeness (QED) is 0.325. The zero-order chi connectivity index (χ0) is 22.5. The first kappa shape index (κ1) is 26.7. The molecule has 0 spiro atoms. The van der Waals surface area contributed by atoms with Gasteiger partial charge in [-0.25, -0.2) is 9.34 Å². The minimum atomic E-state index is -3.25. The van der Waals surface area contributed by atoms with Gasteiger partial charge in [0.05, 0.1) is 18.8 Å². The van der Waals surface area contributed by atoms with E-state index in [9.17, 15) is 4.57 Å². The fourth-order valence-corrected chi connectivity index (χ4v) is 6.74. The molecule has 0 radical (unpaired) electrons. The molecule has 0 aliphatic carbocycles. The molecule has 2 aliphatic rings. The van der Waals surface area contributed by atoms with Crippen LogP contribution in [0.2, 0.25) is 0 Å². The molecule has 2 saturated heterocycles. The molecule has 172 valence electrons. The minimum Gasteiger partial charge on any atom is -0.379 e. The first-order chi connectivity index (χ1) is 14.0. The first-order valence-corrected chi connectivity index (χ1v) is 14.3. The number of ether oxygens (including phenoxy) is 2. The van der Waals surface area contributed by atoms with E-state index >= 15 is 0 Å². The maximum Gasteiger partial charge on any atom is 0.345 e. The van der Waals surface area contributed by atoms with Gasteiger partial charge in [-0.05, 0) is 44.8 Å². The van der Waals surface area contributed by atoms with Gasteiger partial charge in [-0.2, -0.15) is 0 Å². The highest BCUT2D eigenvalue weighted by Crippen LogP contribution is 2.54. The molecular weight excluding hydrogens is 446 g/mol. The molecule has 0 aromatic heterocycles. The van der Waals surface area contributed by atoms with Gasteiger partial charge in [0, 0.05) is 52.4 Å².